The second kappa shape index (κ2) is 5.49. The Labute approximate surface area is 118 Å². The maximum atomic E-state index is 11.2. The summed E-state index contributed by atoms with van der Waals surface area (Å²) < 4.78 is 0. The number of nitrogens with one attached hydrogen (secondary N) is 1. The molecule has 0 aliphatic carbocycles. The number of aromatic nitrogens is 1. The highest BCUT2D eigenvalue weighted by Gasteiger charge is 2.16. The third-order valence-electron chi connectivity index (χ3n) is 3.65. The molecule has 0 aliphatic rings. The Bertz CT molecular complexity index is 635. The first-order valence-corrected chi connectivity index (χ1v) is 6.80. The summed E-state index contributed by atoms with van der Waals surface area (Å²) in [4.78, 5) is 15.4. The number of benzene rings is 1. The second-order valence-corrected chi connectivity index (χ2v) is 5.75. The number of carbonyl (C=O) groups is 1. The topological polar surface area (TPSA) is 62.2 Å². The van der Waals surface area contributed by atoms with Crippen molar-refractivity contribution in [2.75, 3.05) is 11.9 Å². The highest BCUT2D eigenvalue weighted by atomic mass is 16.4. The van der Waals surface area contributed by atoms with E-state index in [9.17, 15) is 4.79 Å². The second-order valence-electron chi connectivity index (χ2n) is 5.75. The van der Waals surface area contributed by atoms with Crippen molar-refractivity contribution in [2.24, 2.45) is 5.41 Å². The molecule has 4 heteroatoms. The van der Waals surface area contributed by atoms with Gasteiger partial charge in [-0.1, -0.05) is 45.0 Å². The Morgan fingerprint density at radius 3 is 2.70 bits per heavy atom. The van der Waals surface area contributed by atoms with Crippen LogP contribution in [0.1, 0.15) is 37.7 Å². The lowest BCUT2D eigenvalue weighted by atomic mass is 9.90. The van der Waals surface area contributed by atoms with Crippen molar-refractivity contribution in [1.82, 2.24) is 4.98 Å². The van der Waals surface area contributed by atoms with Crippen LogP contribution in [0.25, 0.3) is 10.8 Å². The molecular weight excluding hydrogens is 252 g/mol. The first-order chi connectivity index (χ1) is 9.43. The number of rotatable bonds is 5. The molecule has 1 aromatic heterocycles. The van der Waals surface area contributed by atoms with Gasteiger partial charge in [-0.25, -0.2) is 9.78 Å². The standard InChI is InChI=1S/C16H20N2O2/c1-4-16(2,3)10-17-14-12-8-6-5-7-11(12)9-13(18-14)15(19)20/h5-9H,4,10H2,1-3H3,(H,17,18)(H,19,20). The molecule has 2 aromatic rings. The fourth-order valence-corrected chi connectivity index (χ4v) is 1.89. The molecule has 0 saturated heterocycles. The van der Waals surface area contributed by atoms with E-state index in [0.29, 0.717) is 5.82 Å². The maximum Gasteiger partial charge on any atom is 0.354 e. The Morgan fingerprint density at radius 2 is 2.05 bits per heavy atom. The molecule has 0 atom stereocenters. The molecule has 0 aliphatic heterocycles. The zero-order valence-corrected chi connectivity index (χ0v) is 12.1. The monoisotopic (exact) mass is 272 g/mol. The number of carboxylic acids is 1. The average molecular weight is 272 g/mol. The van der Waals surface area contributed by atoms with Crippen molar-refractivity contribution in [3.8, 4) is 0 Å². The molecule has 106 valence electrons. The van der Waals surface area contributed by atoms with Gasteiger partial charge in [-0.05, 0) is 23.3 Å². The van der Waals surface area contributed by atoms with E-state index in [-0.39, 0.29) is 11.1 Å². The van der Waals surface area contributed by atoms with Gasteiger partial charge in [-0.2, -0.15) is 0 Å². The molecule has 0 unspecified atom stereocenters. The van der Waals surface area contributed by atoms with E-state index in [1.165, 1.54) is 0 Å². The molecule has 0 radical (unpaired) electrons. The molecule has 2 rings (SSSR count). The minimum absolute atomic E-state index is 0.0699. The Hall–Kier alpha value is -2.10. The van der Waals surface area contributed by atoms with Crippen molar-refractivity contribution in [2.45, 2.75) is 27.2 Å². The van der Waals surface area contributed by atoms with Crippen molar-refractivity contribution < 1.29 is 9.90 Å². The van der Waals surface area contributed by atoms with Gasteiger partial charge in [0.25, 0.3) is 0 Å². The van der Waals surface area contributed by atoms with Gasteiger partial charge in [-0.3, -0.25) is 0 Å². The first-order valence-electron chi connectivity index (χ1n) is 6.80. The zero-order valence-electron chi connectivity index (χ0n) is 12.1. The molecule has 0 spiro atoms. The van der Waals surface area contributed by atoms with Crippen molar-refractivity contribution in [3.63, 3.8) is 0 Å². The number of carboxylic acid groups (broad SMARTS) is 1. The zero-order chi connectivity index (χ0) is 14.8. The van der Waals surface area contributed by atoms with Crippen LogP contribution < -0.4 is 5.32 Å². The number of aromatic carboxylic acids is 1. The summed E-state index contributed by atoms with van der Waals surface area (Å²) in [5.74, 6) is -0.365. The number of hydrogen-bond donors (Lipinski definition) is 2. The molecule has 2 N–H and O–H groups in total. The van der Waals surface area contributed by atoms with Gasteiger partial charge in [0.05, 0.1) is 0 Å². The van der Waals surface area contributed by atoms with Crippen LogP contribution in [0.15, 0.2) is 30.3 Å². The predicted octanol–water partition coefficient (Wildman–Crippen LogP) is 3.78. The molecule has 20 heavy (non-hydrogen) atoms. The highest BCUT2D eigenvalue weighted by Crippen LogP contribution is 2.25. The lowest BCUT2D eigenvalue weighted by Gasteiger charge is -2.23. The SMILES string of the molecule is CCC(C)(C)CNc1nc(C(=O)O)cc2ccccc12. The molecule has 1 heterocycles. The molecular formula is C16H20N2O2. The third-order valence-corrected chi connectivity index (χ3v) is 3.65. The number of anilines is 1. The largest absolute Gasteiger partial charge is 0.477 e. The third kappa shape index (κ3) is 3.07. The predicted molar refractivity (Wildman–Crippen MR) is 81.3 cm³/mol. The van der Waals surface area contributed by atoms with Gasteiger partial charge in [0.15, 0.2) is 5.69 Å². The van der Waals surface area contributed by atoms with E-state index in [1.807, 2.05) is 24.3 Å². The van der Waals surface area contributed by atoms with Crippen LogP contribution in [0.3, 0.4) is 0 Å². The molecule has 1 aromatic carbocycles. The van der Waals surface area contributed by atoms with Gasteiger partial charge in [0.1, 0.15) is 5.82 Å². The van der Waals surface area contributed by atoms with Gasteiger partial charge in [-0.15, -0.1) is 0 Å². The van der Waals surface area contributed by atoms with Crippen LogP contribution in [0, 0.1) is 5.41 Å². The summed E-state index contributed by atoms with van der Waals surface area (Å²) >= 11 is 0. The van der Waals surface area contributed by atoms with E-state index in [1.54, 1.807) is 6.07 Å². The summed E-state index contributed by atoms with van der Waals surface area (Å²) in [6.45, 7) is 7.23. The van der Waals surface area contributed by atoms with Gasteiger partial charge >= 0.3 is 5.97 Å². The van der Waals surface area contributed by atoms with Crippen LogP contribution in [0.4, 0.5) is 5.82 Å². The highest BCUT2D eigenvalue weighted by molar-refractivity contribution is 5.97. The minimum Gasteiger partial charge on any atom is -0.477 e. The fourth-order valence-electron chi connectivity index (χ4n) is 1.89. The molecule has 4 nitrogen and oxygen atoms in total. The number of hydrogen-bond acceptors (Lipinski definition) is 3. The van der Waals surface area contributed by atoms with Gasteiger partial charge in [0, 0.05) is 11.9 Å². The average Bonchev–Trinajstić information content (AvgIpc) is 2.44. The Morgan fingerprint density at radius 1 is 1.35 bits per heavy atom. The van der Waals surface area contributed by atoms with E-state index < -0.39 is 5.97 Å². The van der Waals surface area contributed by atoms with Gasteiger partial charge < -0.3 is 10.4 Å². The smallest absolute Gasteiger partial charge is 0.354 e. The van der Waals surface area contributed by atoms with E-state index in [4.69, 9.17) is 5.11 Å². The number of fused-ring (bicyclic) bond motifs is 1. The molecule has 0 amide bonds. The summed E-state index contributed by atoms with van der Waals surface area (Å²) in [7, 11) is 0. The lowest BCUT2D eigenvalue weighted by Crippen LogP contribution is -2.22. The van der Waals surface area contributed by atoms with E-state index in [2.05, 4.69) is 31.1 Å². The first kappa shape index (κ1) is 14.3. The normalized spacial score (nSPS) is 11.6. The quantitative estimate of drug-likeness (QED) is 0.869. The summed E-state index contributed by atoms with van der Waals surface area (Å²) in [5, 5.41) is 14.3. The van der Waals surface area contributed by atoms with E-state index >= 15 is 0 Å². The van der Waals surface area contributed by atoms with Crippen LogP contribution in [0.5, 0.6) is 0 Å². The Kier molecular flexibility index (Phi) is 3.93. The Balaban J connectivity index is 2.42. The summed E-state index contributed by atoms with van der Waals surface area (Å²) in [6.07, 6.45) is 1.04. The molecule has 0 bridgehead atoms. The van der Waals surface area contributed by atoms with Crippen molar-refractivity contribution in [3.05, 3.63) is 36.0 Å². The molecule has 0 saturated carbocycles. The number of pyridine rings is 1. The van der Waals surface area contributed by atoms with E-state index in [0.717, 1.165) is 23.7 Å². The maximum absolute atomic E-state index is 11.2. The van der Waals surface area contributed by atoms with Crippen molar-refractivity contribution >= 4 is 22.6 Å². The van der Waals surface area contributed by atoms with Crippen LogP contribution >= 0.6 is 0 Å². The minimum atomic E-state index is -1.01. The summed E-state index contributed by atoms with van der Waals surface area (Å²) in [6, 6.07) is 9.29. The number of nitrogens with zero attached hydrogens (tertiary/aromatic N) is 1. The fraction of sp³-hybridized carbons (Fsp3) is 0.375. The van der Waals surface area contributed by atoms with Crippen molar-refractivity contribution in [1.29, 1.82) is 0 Å². The van der Waals surface area contributed by atoms with Gasteiger partial charge in [0.2, 0.25) is 0 Å². The lowest BCUT2D eigenvalue weighted by molar-refractivity contribution is 0.0691. The molecule has 0 fully saturated rings. The van der Waals surface area contributed by atoms with Crippen LogP contribution in [0.2, 0.25) is 0 Å². The van der Waals surface area contributed by atoms with Crippen LogP contribution in [-0.4, -0.2) is 22.6 Å². The van der Waals surface area contributed by atoms with Crippen LogP contribution in [-0.2, 0) is 0 Å². The summed E-state index contributed by atoms with van der Waals surface area (Å²) in [5.41, 5.74) is 0.211.